The average Bonchev–Trinajstić information content (AvgIpc) is 2.38. The Morgan fingerprint density at radius 2 is 2.05 bits per heavy atom. The van der Waals surface area contributed by atoms with Crippen LogP contribution in [-0.4, -0.2) is 25.4 Å². The van der Waals surface area contributed by atoms with Crippen molar-refractivity contribution >= 4 is 23.0 Å². The van der Waals surface area contributed by atoms with Gasteiger partial charge in [0.25, 0.3) is 0 Å². The van der Waals surface area contributed by atoms with Gasteiger partial charge in [0.1, 0.15) is 11.5 Å². The minimum absolute atomic E-state index is 0.349. The van der Waals surface area contributed by atoms with Crippen molar-refractivity contribution in [2.75, 3.05) is 19.5 Å². The Hall–Kier alpha value is -1.49. The highest BCUT2D eigenvalue weighted by molar-refractivity contribution is 7.80. The average molecular weight is 282 g/mol. The van der Waals surface area contributed by atoms with Gasteiger partial charge >= 0.3 is 0 Å². The second-order valence-electron chi connectivity index (χ2n) is 4.35. The van der Waals surface area contributed by atoms with E-state index < -0.39 is 0 Å². The molecule has 0 amide bonds. The fourth-order valence-corrected chi connectivity index (χ4v) is 2.11. The van der Waals surface area contributed by atoms with Crippen LogP contribution >= 0.6 is 12.2 Å². The Labute approximate surface area is 120 Å². The highest BCUT2D eigenvalue weighted by atomic mass is 32.1. The zero-order chi connectivity index (χ0) is 14.3. The molecule has 0 spiro atoms. The predicted octanol–water partition coefficient (Wildman–Crippen LogP) is 3.18. The van der Waals surface area contributed by atoms with E-state index >= 15 is 0 Å². The highest BCUT2D eigenvalue weighted by Crippen LogP contribution is 2.28. The number of anilines is 1. The van der Waals surface area contributed by atoms with Crippen LogP contribution in [0.4, 0.5) is 5.69 Å². The summed E-state index contributed by atoms with van der Waals surface area (Å²) < 4.78 is 10.5. The molecule has 0 radical (unpaired) electrons. The third kappa shape index (κ3) is 4.95. The smallest absolute Gasteiger partial charge is 0.171 e. The van der Waals surface area contributed by atoms with Crippen molar-refractivity contribution in [2.24, 2.45) is 0 Å². The van der Waals surface area contributed by atoms with Crippen molar-refractivity contribution in [2.45, 2.75) is 32.7 Å². The van der Waals surface area contributed by atoms with Crippen LogP contribution < -0.4 is 20.1 Å². The lowest BCUT2D eigenvalue weighted by Gasteiger charge is -2.18. The quantitative estimate of drug-likeness (QED) is 0.784. The lowest BCUT2D eigenvalue weighted by Crippen LogP contribution is -2.35. The molecular weight excluding hydrogens is 260 g/mol. The molecule has 0 saturated heterocycles. The van der Waals surface area contributed by atoms with Crippen molar-refractivity contribution in [3.05, 3.63) is 18.2 Å². The van der Waals surface area contributed by atoms with Gasteiger partial charge in [-0.25, -0.2) is 0 Å². The van der Waals surface area contributed by atoms with E-state index in [1.54, 1.807) is 14.2 Å². The summed E-state index contributed by atoms with van der Waals surface area (Å²) >= 11 is 5.29. The predicted molar refractivity (Wildman–Crippen MR) is 83.3 cm³/mol. The molecule has 4 nitrogen and oxygen atoms in total. The van der Waals surface area contributed by atoms with E-state index in [1.165, 1.54) is 0 Å². The molecule has 0 heterocycles. The van der Waals surface area contributed by atoms with Gasteiger partial charge in [0.15, 0.2) is 5.11 Å². The number of ether oxygens (including phenoxy) is 2. The molecular formula is C14H22N2O2S. The number of thiocarbonyl (C=S) groups is 1. The third-order valence-electron chi connectivity index (χ3n) is 2.75. The number of hydrogen-bond donors (Lipinski definition) is 2. The van der Waals surface area contributed by atoms with Crippen molar-refractivity contribution in [3.8, 4) is 11.5 Å². The molecule has 2 N–H and O–H groups in total. The first kappa shape index (κ1) is 15.6. The summed E-state index contributed by atoms with van der Waals surface area (Å²) in [6.07, 6.45) is 2.20. The van der Waals surface area contributed by atoms with Gasteiger partial charge in [-0.1, -0.05) is 13.3 Å². The summed E-state index contributed by atoms with van der Waals surface area (Å²) in [5.74, 6) is 1.49. The summed E-state index contributed by atoms with van der Waals surface area (Å²) in [6.45, 7) is 4.26. The molecule has 5 heteroatoms. The Morgan fingerprint density at radius 1 is 1.32 bits per heavy atom. The van der Waals surface area contributed by atoms with E-state index in [0.717, 1.165) is 30.0 Å². The van der Waals surface area contributed by atoms with Crippen molar-refractivity contribution < 1.29 is 9.47 Å². The van der Waals surface area contributed by atoms with Gasteiger partial charge in [-0.2, -0.15) is 0 Å². The Balaban J connectivity index is 2.71. The van der Waals surface area contributed by atoms with Crippen LogP contribution in [-0.2, 0) is 0 Å². The molecule has 0 bridgehead atoms. The highest BCUT2D eigenvalue weighted by Gasteiger charge is 2.08. The molecule has 0 aliphatic rings. The van der Waals surface area contributed by atoms with Crippen LogP contribution in [0.25, 0.3) is 0 Å². The summed E-state index contributed by atoms with van der Waals surface area (Å²) in [5.41, 5.74) is 0.794. The largest absolute Gasteiger partial charge is 0.497 e. The first-order valence-corrected chi connectivity index (χ1v) is 6.81. The lowest BCUT2D eigenvalue weighted by atomic mass is 10.2. The van der Waals surface area contributed by atoms with E-state index in [1.807, 2.05) is 18.2 Å². The van der Waals surface area contributed by atoms with Gasteiger partial charge < -0.3 is 20.1 Å². The molecule has 0 aromatic heterocycles. The molecule has 1 unspecified atom stereocenters. The SMILES string of the molecule is CCCC(C)NC(=S)Nc1cc(OC)ccc1OC. The van der Waals surface area contributed by atoms with Crippen molar-refractivity contribution in [1.82, 2.24) is 5.32 Å². The maximum Gasteiger partial charge on any atom is 0.171 e. The number of benzene rings is 1. The van der Waals surface area contributed by atoms with Crippen LogP contribution in [0.5, 0.6) is 11.5 Å². The van der Waals surface area contributed by atoms with Crippen molar-refractivity contribution in [1.29, 1.82) is 0 Å². The second kappa shape index (κ2) is 7.84. The summed E-state index contributed by atoms with van der Waals surface area (Å²) in [5, 5.41) is 6.97. The summed E-state index contributed by atoms with van der Waals surface area (Å²) in [6, 6.07) is 5.90. The zero-order valence-electron chi connectivity index (χ0n) is 11.9. The molecule has 19 heavy (non-hydrogen) atoms. The van der Waals surface area contributed by atoms with Gasteiger partial charge in [0.2, 0.25) is 0 Å². The molecule has 1 rings (SSSR count). The molecule has 1 atom stereocenters. The van der Waals surface area contributed by atoms with Crippen LogP contribution in [0.3, 0.4) is 0 Å². The topological polar surface area (TPSA) is 42.5 Å². The Morgan fingerprint density at radius 3 is 2.63 bits per heavy atom. The van der Waals surface area contributed by atoms with E-state index in [2.05, 4.69) is 24.5 Å². The molecule has 106 valence electrons. The molecule has 0 saturated carbocycles. The Bertz CT molecular complexity index is 424. The molecule has 1 aromatic carbocycles. The fourth-order valence-electron chi connectivity index (χ4n) is 1.80. The van der Waals surface area contributed by atoms with Gasteiger partial charge in [-0.15, -0.1) is 0 Å². The van der Waals surface area contributed by atoms with Crippen LogP contribution in [0.1, 0.15) is 26.7 Å². The maximum absolute atomic E-state index is 5.29. The number of rotatable bonds is 6. The molecule has 1 aromatic rings. The standard InChI is InChI=1S/C14H22N2O2S/c1-5-6-10(2)15-14(19)16-12-9-11(17-3)7-8-13(12)18-4/h7-10H,5-6H2,1-4H3,(H2,15,16,19). The van der Waals surface area contributed by atoms with Gasteiger partial charge in [0.05, 0.1) is 19.9 Å². The first-order valence-electron chi connectivity index (χ1n) is 6.40. The van der Waals surface area contributed by atoms with E-state index in [0.29, 0.717) is 11.2 Å². The normalized spacial score (nSPS) is 11.6. The summed E-state index contributed by atoms with van der Waals surface area (Å²) in [4.78, 5) is 0. The monoisotopic (exact) mass is 282 g/mol. The maximum atomic E-state index is 5.29. The number of methoxy groups -OCH3 is 2. The van der Waals surface area contributed by atoms with Gasteiger partial charge in [-0.3, -0.25) is 0 Å². The van der Waals surface area contributed by atoms with Crippen LogP contribution in [0.2, 0.25) is 0 Å². The van der Waals surface area contributed by atoms with E-state index in [-0.39, 0.29) is 0 Å². The minimum Gasteiger partial charge on any atom is -0.497 e. The second-order valence-corrected chi connectivity index (χ2v) is 4.76. The molecule has 0 fully saturated rings. The lowest BCUT2D eigenvalue weighted by molar-refractivity contribution is 0.405. The zero-order valence-corrected chi connectivity index (χ0v) is 12.8. The Kier molecular flexibility index (Phi) is 6.42. The van der Waals surface area contributed by atoms with Crippen LogP contribution in [0.15, 0.2) is 18.2 Å². The van der Waals surface area contributed by atoms with Gasteiger partial charge in [0, 0.05) is 12.1 Å². The van der Waals surface area contributed by atoms with E-state index in [4.69, 9.17) is 21.7 Å². The van der Waals surface area contributed by atoms with E-state index in [9.17, 15) is 0 Å². The third-order valence-corrected chi connectivity index (χ3v) is 2.97. The van der Waals surface area contributed by atoms with Gasteiger partial charge in [-0.05, 0) is 37.7 Å². The van der Waals surface area contributed by atoms with Crippen LogP contribution in [0, 0.1) is 0 Å². The number of hydrogen-bond acceptors (Lipinski definition) is 3. The molecule has 0 aliphatic carbocycles. The molecule has 0 aliphatic heterocycles. The summed E-state index contributed by atoms with van der Waals surface area (Å²) in [7, 11) is 3.26. The first-order chi connectivity index (χ1) is 9.10. The number of nitrogens with one attached hydrogen (secondary N) is 2. The minimum atomic E-state index is 0.349. The van der Waals surface area contributed by atoms with Crippen molar-refractivity contribution in [3.63, 3.8) is 0 Å². The fraction of sp³-hybridized carbons (Fsp3) is 0.500.